The summed E-state index contributed by atoms with van der Waals surface area (Å²) in [5.41, 5.74) is 11.8. The van der Waals surface area contributed by atoms with Crippen LogP contribution in [0, 0.1) is 0 Å². The fourth-order valence-electron chi connectivity index (χ4n) is 3.17. The van der Waals surface area contributed by atoms with Gasteiger partial charge in [0.25, 0.3) is 0 Å². The standard InChI is InChI=1S/C16H26N7O7P/c17-9(5-24)3-1-2-4-22-31(27,28)29-6-10-12(25)13(26)16(30-10)23-8-21-11-14(18)19-7-20-15(11)23/h5,7-10,12-13,16,25-26H,1-4,6,17H2,(H2,18,19,20)(H2,22,27,28)/t9-,10+,12+,13+,16+/m0/s1. The van der Waals surface area contributed by atoms with Crippen molar-refractivity contribution in [3.8, 4) is 0 Å². The summed E-state index contributed by atoms with van der Waals surface area (Å²) in [5, 5.41) is 23.1. The Morgan fingerprint density at radius 1 is 1.32 bits per heavy atom. The van der Waals surface area contributed by atoms with Crippen molar-refractivity contribution in [1.29, 1.82) is 0 Å². The van der Waals surface area contributed by atoms with Gasteiger partial charge >= 0.3 is 7.75 Å². The van der Waals surface area contributed by atoms with Crippen LogP contribution in [-0.2, 0) is 18.6 Å². The van der Waals surface area contributed by atoms with E-state index in [0.717, 1.165) is 0 Å². The molecule has 0 radical (unpaired) electrons. The molecule has 2 aromatic heterocycles. The van der Waals surface area contributed by atoms with Gasteiger partial charge in [0, 0.05) is 6.54 Å². The number of nitrogens with two attached hydrogens (primary N) is 2. The Kier molecular flexibility index (Phi) is 7.67. The number of anilines is 1. The average molecular weight is 459 g/mol. The Morgan fingerprint density at radius 3 is 2.84 bits per heavy atom. The highest BCUT2D eigenvalue weighted by Crippen LogP contribution is 2.39. The zero-order chi connectivity index (χ0) is 22.6. The summed E-state index contributed by atoms with van der Waals surface area (Å²) in [4.78, 5) is 32.3. The van der Waals surface area contributed by atoms with E-state index in [1.165, 1.54) is 17.2 Å². The summed E-state index contributed by atoms with van der Waals surface area (Å²) in [7, 11) is -4.17. The molecule has 0 spiro atoms. The Bertz CT molecular complexity index is 944. The number of ether oxygens (including phenoxy) is 1. The smallest absolute Gasteiger partial charge is 0.387 e. The van der Waals surface area contributed by atoms with Gasteiger partial charge < -0.3 is 36.1 Å². The van der Waals surface area contributed by atoms with E-state index in [1.54, 1.807) is 0 Å². The van der Waals surface area contributed by atoms with Crippen LogP contribution in [0.2, 0.25) is 0 Å². The van der Waals surface area contributed by atoms with Crippen LogP contribution in [0.15, 0.2) is 12.7 Å². The topological polar surface area (TPSA) is 221 Å². The second kappa shape index (κ2) is 10.1. The van der Waals surface area contributed by atoms with E-state index in [-0.39, 0.29) is 12.4 Å². The highest BCUT2D eigenvalue weighted by atomic mass is 31.2. The number of nitrogens with one attached hydrogen (secondary N) is 1. The maximum absolute atomic E-state index is 12.1. The normalized spacial score (nSPS) is 26.7. The fraction of sp³-hybridized carbons (Fsp3) is 0.625. The molecule has 1 aliphatic heterocycles. The highest BCUT2D eigenvalue weighted by Gasteiger charge is 2.45. The summed E-state index contributed by atoms with van der Waals surface area (Å²) in [6.45, 7) is -0.282. The first kappa shape index (κ1) is 23.6. The molecule has 8 N–H and O–H groups in total. The maximum Gasteiger partial charge on any atom is 0.403 e. The van der Waals surface area contributed by atoms with E-state index in [1.807, 2.05) is 0 Å². The fourth-order valence-corrected chi connectivity index (χ4v) is 4.05. The molecule has 14 nitrogen and oxygen atoms in total. The van der Waals surface area contributed by atoms with Gasteiger partial charge in [0.15, 0.2) is 17.7 Å². The van der Waals surface area contributed by atoms with Crippen molar-refractivity contribution >= 4 is 31.0 Å². The first-order valence-corrected chi connectivity index (χ1v) is 11.2. The van der Waals surface area contributed by atoms with Crippen molar-refractivity contribution in [2.75, 3.05) is 18.9 Å². The summed E-state index contributed by atoms with van der Waals surface area (Å²) < 4.78 is 24.2. The lowest BCUT2D eigenvalue weighted by Crippen LogP contribution is -2.34. The lowest BCUT2D eigenvalue weighted by Gasteiger charge is -2.18. The molecule has 6 atom stereocenters. The number of fused-ring (bicyclic) bond motifs is 1. The van der Waals surface area contributed by atoms with Gasteiger partial charge in [-0.25, -0.2) is 24.6 Å². The molecule has 3 rings (SSSR count). The SMILES string of the molecule is Nc1ncnc2c1ncn2[C@@H]1O[C@H](COP(=O)(O)NCCCC[C@H](N)C=O)[C@@H](O)[C@H]1O. The molecule has 0 aliphatic carbocycles. The van der Waals surface area contributed by atoms with E-state index < -0.39 is 44.9 Å². The van der Waals surface area contributed by atoms with E-state index >= 15 is 0 Å². The quantitative estimate of drug-likeness (QED) is 0.127. The molecule has 31 heavy (non-hydrogen) atoms. The number of rotatable bonds is 11. The first-order chi connectivity index (χ1) is 14.7. The van der Waals surface area contributed by atoms with E-state index in [9.17, 15) is 24.5 Å². The lowest BCUT2D eigenvalue weighted by atomic mass is 10.1. The zero-order valence-corrected chi connectivity index (χ0v) is 17.4. The maximum atomic E-state index is 12.1. The number of hydrogen-bond donors (Lipinski definition) is 6. The summed E-state index contributed by atoms with van der Waals surface area (Å²) >= 11 is 0. The van der Waals surface area contributed by atoms with Crippen molar-refractivity contribution in [2.24, 2.45) is 5.73 Å². The molecular weight excluding hydrogens is 433 g/mol. The van der Waals surface area contributed by atoms with Crippen molar-refractivity contribution in [2.45, 2.75) is 49.8 Å². The number of aliphatic hydroxyl groups is 2. The molecule has 172 valence electrons. The minimum absolute atomic E-state index is 0.150. The van der Waals surface area contributed by atoms with Gasteiger partial charge in [-0.15, -0.1) is 0 Å². The Morgan fingerprint density at radius 2 is 2.10 bits per heavy atom. The largest absolute Gasteiger partial charge is 0.403 e. The lowest BCUT2D eigenvalue weighted by molar-refractivity contribution is -0.109. The van der Waals surface area contributed by atoms with Gasteiger partial charge in [0.1, 0.15) is 36.4 Å². The van der Waals surface area contributed by atoms with Gasteiger partial charge in [0.05, 0.1) is 19.0 Å². The third kappa shape index (κ3) is 5.61. The number of nitrogen functional groups attached to an aromatic ring is 1. The Balaban J connectivity index is 1.53. The number of nitrogens with zero attached hydrogens (tertiary/aromatic N) is 4. The molecule has 1 aliphatic rings. The predicted octanol–water partition coefficient (Wildman–Crippen LogP) is -1.57. The van der Waals surface area contributed by atoms with Crippen molar-refractivity contribution < 1.29 is 33.7 Å². The van der Waals surface area contributed by atoms with Crippen LogP contribution in [0.4, 0.5) is 5.82 Å². The number of aromatic nitrogens is 4. The summed E-state index contributed by atoms with van der Waals surface area (Å²) in [5.74, 6) is 0.150. The third-order valence-corrected chi connectivity index (χ3v) is 5.99. The second-order valence-corrected chi connectivity index (χ2v) is 8.76. The second-order valence-electron chi connectivity index (χ2n) is 7.15. The van der Waals surface area contributed by atoms with Gasteiger partial charge in [-0.05, 0) is 12.8 Å². The minimum Gasteiger partial charge on any atom is -0.387 e. The molecule has 15 heteroatoms. The van der Waals surface area contributed by atoms with Crippen LogP contribution in [0.3, 0.4) is 0 Å². The van der Waals surface area contributed by atoms with Crippen LogP contribution in [0.1, 0.15) is 25.5 Å². The number of hydrogen-bond acceptors (Lipinski definition) is 11. The number of carbonyl (C=O) groups excluding carboxylic acids is 1. The predicted molar refractivity (Wildman–Crippen MR) is 107 cm³/mol. The number of carbonyl (C=O) groups is 1. The molecule has 0 saturated carbocycles. The van der Waals surface area contributed by atoms with Crippen LogP contribution >= 0.6 is 7.75 Å². The zero-order valence-electron chi connectivity index (χ0n) is 16.5. The van der Waals surface area contributed by atoms with Crippen LogP contribution in [-0.4, -0.2) is 78.4 Å². The van der Waals surface area contributed by atoms with Crippen molar-refractivity contribution in [3.63, 3.8) is 0 Å². The molecule has 0 aromatic carbocycles. The van der Waals surface area contributed by atoms with Gasteiger partial charge in [-0.3, -0.25) is 9.09 Å². The van der Waals surface area contributed by atoms with Crippen LogP contribution < -0.4 is 16.6 Å². The van der Waals surface area contributed by atoms with Gasteiger partial charge in [-0.2, -0.15) is 0 Å². The minimum atomic E-state index is -4.17. The molecule has 1 unspecified atom stereocenters. The summed E-state index contributed by atoms with van der Waals surface area (Å²) in [6.07, 6.45) is -0.0833. The number of aldehydes is 1. The molecule has 0 amide bonds. The molecule has 3 heterocycles. The Labute approximate surface area is 177 Å². The molecular formula is C16H26N7O7P. The van der Waals surface area contributed by atoms with Crippen LogP contribution in [0.5, 0.6) is 0 Å². The molecule has 0 bridgehead atoms. The monoisotopic (exact) mass is 459 g/mol. The summed E-state index contributed by atoms with van der Waals surface area (Å²) in [6, 6.07) is -0.548. The van der Waals surface area contributed by atoms with Gasteiger partial charge in [0.2, 0.25) is 0 Å². The highest BCUT2D eigenvalue weighted by molar-refractivity contribution is 7.50. The number of unbranched alkanes of at least 4 members (excludes halogenated alkanes) is 1. The average Bonchev–Trinajstić information content (AvgIpc) is 3.28. The Hall–Kier alpha value is -2.03. The van der Waals surface area contributed by atoms with Crippen molar-refractivity contribution in [1.82, 2.24) is 24.6 Å². The van der Waals surface area contributed by atoms with Crippen LogP contribution in [0.25, 0.3) is 11.2 Å². The molecule has 1 fully saturated rings. The number of imidazole rings is 1. The first-order valence-electron chi connectivity index (χ1n) is 9.61. The molecule has 2 aromatic rings. The van der Waals surface area contributed by atoms with E-state index in [4.69, 9.17) is 20.7 Å². The number of aliphatic hydroxyl groups excluding tert-OH is 2. The van der Waals surface area contributed by atoms with E-state index in [0.29, 0.717) is 36.7 Å². The third-order valence-electron chi connectivity index (χ3n) is 4.86. The van der Waals surface area contributed by atoms with Gasteiger partial charge in [-0.1, -0.05) is 6.42 Å². The molecule has 1 saturated heterocycles. The van der Waals surface area contributed by atoms with Crippen molar-refractivity contribution in [3.05, 3.63) is 12.7 Å². The van der Waals surface area contributed by atoms with E-state index in [2.05, 4.69) is 20.0 Å².